The summed E-state index contributed by atoms with van der Waals surface area (Å²) in [6, 6.07) is 7.70. The molecule has 21 heavy (non-hydrogen) atoms. The summed E-state index contributed by atoms with van der Waals surface area (Å²) in [5, 5.41) is 10.3. The Kier molecular flexibility index (Phi) is 5.73. The van der Waals surface area contributed by atoms with Crippen molar-refractivity contribution in [3.63, 3.8) is 0 Å². The first kappa shape index (κ1) is 15.9. The lowest BCUT2D eigenvalue weighted by Gasteiger charge is -2.32. The van der Waals surface area contributed by atoms with Crippen LogP contribution in [0.3, 0.4) is 0 Å². The van der Waals surface area contributed by atoms with E-state index in [0.29, 0.717) is 19.6 Å². The molecule has 1 heterocycles. The van der Waals surface area contributed by atoms with E-state index < -0.39 is 6.10 Å². The van der Waals surface area contributed by atoms with Gasteiger partial charge in [-0.25, -0.2) is 0 Å². The van der Waals surface area contributed by atoms with Crippen molar-refractivity contribution in [2.45, 2.75) is 25.5 Å². The Hall–Kier alpha value is -1.43. The molecule has 1 aliphatic rings. The molecule has 0 spiro atoms. The molecule has 1 saturated heterocycles. The van der Waals surface area contributed by atoms with Crippen LogP contribution in [0.4, 0.5) is 0 Å². The van der Waals surface area contributed by atoms with Gasteiger partial charge in [-0.2, -0.15) is 0 Å². The Morgan fingerprint density at radius 3 is 2.81 bits per heavy atom. The zero-order valence-electron chi connectivity index (χ0n) is 12.5. The molecule has 0 saturated carbocycles. The third-order valence-electron chi connectivity index (χ3n) is 4.07. The molecule has 1 aromatic rings. The molecule has 0 bridgehead atoms. The SMILES string of the molecule is COC(=O)C1CCCN(CC(O)c2ccc(CN)cc2)C1. The van der Waals surface area contributed by atoms with Crippen LogP contribution in [-0.2, 0) is 16.1 Å². The standard InChI is InChI=1S/C16H24N2O3/c1-21-16(20)14-3-2-8-18(10-14)11-15(19)13-6-4-12(9-17)5-7-13/h4-7,14-15,19H,2-3,8-11,17H2,1H3. The van der Waals surface area contributed by atoms with E-state index >= 15 is 0 Å². The number of nitrogens with zero attached hydrogens (tertiary/aromatic N) is 1. The molecule has 0 aliphatic carbocycles. The molecule has 5 heteroatoms. The highest BCUT2D eigenvalue weighted by Gasteiger charge is 2.27. The first-order chi connectivity index (χ1) is 10.1. The first-order valence-electron chi connectivity index (χ1n) is 7.41. The summed E-state index contributed by atoms with van der Waals surface area (Å²) in [6.45, 7) is 2.61. The number of carbonyl (C=O) groups is 1. The molecule has 2 rings (SSSR count). The molecule has 1 aliphatic heterocycles. The maximum absolute atomic E-state index is 11.6. The predicted molar refractivity (Wildman–Crippen MR) is 80.5 cm³/mol. The number of benzene rings is 1. The Morgan fingerprint density at radius 1 is 1.48 bits per heavy atom. The number of likely N-dealkylation sites (tertiary alicyclic amines) is 1. The van der Waals surface area contributed by atoms with E-state index in [1.165, 1.54) is 7.11 Å². The van der Waals surface area contributed by atoms with Gasteiger partial charge in [0.05, 0.1) is 19.1 Å². The average Bonchev–Trinajstić information content (AvgIpc) is 2.54. The van der Waals surface area contributed by atoms with Crippen molar-refractivity contribution in [1.82, 2.24) is 4.90 Å². The van der Waals surface area contributed by atoms with E-state index in [4.69, 9.17) is 10.5 Å². The van der Waals surface area contributed by atoms with Crippen LogP contribution in [0.5, 0.6) is 0 Å². The third kappa shape index (κ3) is 4.27. The van der Waals surface area contributed by atoms with Crippen LogP contribution >= 0.6 is 0 Å². The van der Waals surface area contributed by atoms with Gasteiger partial charge < -0.3 is 15.6 Å². The summed E-state index contributed by atoms with van der Waals surface area (Å²) in [6.07, 6.45) is 1.27. The van der Waals surface area contributed by atoms with Crippen LogP contribution in [0.2, 0.25) is 0 Å². The highest BCUT2D eigenvalue weighted by molar-refractivity contribution is 5.72. The number of hydrogen-bond donors (Lipinski definition) is 2. The minimum atomic E-state index is -0.548. The summed E-state index contributed by atoms with van der Waals surface area (Å²) in [5.41, 5.74) is 7.50. The fourth-order valence-electron chi connectivity index (χ4n) is 2.81. The Bertz CT molecular complexity index is 461. The number of nitrogens with two attached hydrogens (primary N) is 1. The van der Waals surface area contributed by atoms with Crippen LogP contribution in [-0.4, -0.2) is 42.7 Å². The third-order valence-corrected chi connectivity index (χ3v) is 4.07. The van der Waals surface area contributed by atoms with E-state index in [-0.39, 0.29) is 11.9 Å². The van der Waals surface area contributed by atoms with Crippen LogP contribution < -0.4 is 5.73 Å². The zero-order chi connectivity index (χ0) is 15.2. The smallest absolute Gasteiger partial charge is 0.309 e. The summed E-state index contributed by atoms with van der Waals surface area (Å²) in [5.74, 6) is -0.225. The van der Waals surface area contributed by atoms with Crippen molar-refractivity contribution in [3.05, 3.63) is 35.4 Å². The van der Waals surface area contributed by atoms with Gasteiger partial charge in [0.2, 0.25) is 0 Å². The molecular formula is C16H24N2O3. The van der Waals surface area contributed by atoms with Gasteiger partial charge in [-0.15, -0.1) is 0 Å². The Balaban J connectivity index is 1.91. The number of hydrogen-bond acceptors (Lipinski definition) is 5. The lowest BCUT2D eigenvalue weighted by Crippen LogP contribution is -2.41. The second kappa shape index (κ2) is 7.54. The molecule has 116 valence electrons. The molecule has 1 aromatic carbocycles. The van der Waals surface area contributed by atoms with Gasteiger partial charge in [0.15, 0.2) is 0 Å². The van der Waals surface area contributed by atoms with E-state index in [1.807, 2.05) is 24.3 Å². The average molecular weight is 292 g/mol. The molecule has 0 amide bonds. The van der Waals surface area contributed by atoms with Gasteiger partial charge in [0.1, 0.15) is 0 Å². The topological polar surface area (TPSA) is 75.8 Å². The highest BCUT2D eigenvalue weighted by Crippen LogP contribution is 2.21. The molecule has 5 nitrogen and oxygen atoms in total. The molecule has 1 fully saturated rings. The largest absolute Gasteiger partial charge is 0.469 e. The maximum Gasteiger partial charge on any atom is 0.309 e. The van der Waals surface area contributed by atoms with Crippen molar-refractivity contribution in [2.75, 3.05) is 26.7 Å². The summed E-state index contributed by atoms with van der Waals surface area (Å²) >= 11 is 0. The van der Waals surface area contributed by atoms with Crippen LogP contribution in [0.1, 0.15) is 30.1 Å². The van der Waals surface area contributed by atoms with Crippen LogP contribution in [0.15, 0.2) is 24.3 Å². The lowest BCUT2D eigenvalue weighted by molar-refractivity contribution is -0.147. The molecule has 0 aromatic heterocycles. The second-order valence-electron chi connectivity index (χ2n) is 5.58. The van der Waals surface area contributed by atoms with Crippen molar-refractivity contribution in [1.29, 1.82) is 0 Å². The van der Waals surface area contributed by atoms with Gasteiger partial charge in [0.25, 0.3) is 0 Å². The zero-order valence-corrected chi connectivity index (χ0v) is 12.5. The number of ether oxygens (including phenoxy) is 1. The number of aliphatic hydroxyl groups excluding tert-OH is 1. The monoisotopic (exact) mass is 292 g/mol. The predicted octanol–water partition coefficient (Wildman–Crippen LogP) is 1.06. The van der Waals surface area contributed by atoms with Crippen molar-refractivity contribution in [2.24, 2.45) is 11.7 Å². The quantitative estimate of drug-likeness (QED) is 0.794. The van der Waals surface area contributed by atoms with Crippen molar-refractivity contribution < 1.29 is 14.6 Å². The van der Waals surface area contributed by atoms with E-state index in [0.717, 1.165) is 30.5 Å². The minimum Gasteiger partial charge on any atom is -0.469 e. The maximum atomic E-state index is 11.6. The van der Waals surface area contributed by atoms with Crippen molar-refractivity contribution in [3.8, 4) is 0 Å². The number of methoxy groups -OCH3 is 1. The molecular weight excluding hydrogens is 268 g/mol. The normalized spacial score (nSPS) is 21.0. The Morgan fingerprint density at radius 2 is 2.19 bits per heavy atom. The van der Waals surface area contributed by atoms with Gasteiger partial charge in [0, 0.05) is 19.6 Å². The molecule has 3 N–H and O–H groups in total. The Labute approximate surface area is 125 Å². The van der Waals surface area contributed by atoms with Gasteiger partial charge in [-0.05, 0) is 30.5 Å². The summed E-state index contributed by atoms with van der Waals surface area (Å²) in [7, 11) is 1.43. The number of rotatable bonds is 5. The minimum absolute atomic E-state index is 0.0735. The first-order valence-corrected chi connectivity index (χ1v) is 7.41. The molecule has 2 unspecified atom stereocenters. The lowest BCUT2D eigenvalue weighted by atomic mass is 9.97. The molecule has 2 atom stereocenters. The number of aliphatic hydroxyl groups is 1. The van der Waals surface area contributed by atoms with Crippen LogP contribution in [0, 0.1) is 5.92 Å². The van der Waals surface area contributed by atoms with Gasteiger partial charge in [-0.3, -0.25) is 9.69 Å². The number of β-amino-alcohol motifs (C(OH)–C–C–N with tert-alkyl or cyclic N) is 1. The van der Waals surface area contributed by atoms with Gasteiger partial charge >= 0.3 is 5.97 Å². The van der Waals surface area contributed by atoms with Gasteiger partial charge in [-0.1, -0.05) is 24.3 Å². The van der Waals surface area contributed by atoms with E-state index in [9.17, 15) is 9.90 Å². The highest BCUT2D eigenvalue weighted by atomic mass is 16.5. The fraction of sp³-hybridized carbons (Fsp3) is 0.562. The molecule has 0 radical (unpaired) electrons. The fourth-order valence-corrected chi connectivity index (χ4v) is 2.81. The van der Waals surface area contributed by atoms with Crippen LogP contribution in [0.25, 0.3) is 0 Å². The van der Waals surface area contributed by atoms with E-state index in [1.54, 1.807) is 0 Å². The summed E-state index contributed by atoms with van der Waals surface area (Å²) in [4.78, 5) is 13.7. The summed E-state index contributed by atoms with van der Waals surface area (Å²) < 4.78 is 4.81. The number of piperidine rings is 1. The number of carbonyl (C=O) groups excluding carboxylic acids is 1. The number of esters is 1. The second-order valence-corrected chi connectivity index (χ2v) is 5.58. The van der Waals surface area contributed by atoms with E-state index in [2.05, 4.69) is 4.90 Å². The van der Waals surface area contributed by atoms with Crippen molar-refractivity contribution >= 4 is 5.97 Å².